The van der Waals surface area contributed by atoms with E-state index in [-0.39, 0.29) is 24.0 Å². The van der Waals surface area contributed by atoms with Gasteiger partial charge in [0.1, 0.15) is 5.82 Å². The Bertz CT molecular complexity index is 715. The summed E-state index contributed by atoms with van der Waals surface area (Å²) in [5.74, 6) is -1.67. The summed E-state index contributed by atoms with van der Waals surface area (Å²) >= 11 is 3.27. The number of amides is 1. The quantitative estimate of drug-likeness (QED) is 0.802. The number of carboxylic acid groups (broad SMARTS) is 1. The second-order valence-electron chi connectivity index (χ2n) is 5.05. The van der Waals surface area contributed by atoms with Crippen molar-refractivity contribution in [2.24, 2.45) is 0 Å². The number of nitrogens with one attached hydrogen (secondary N) is 1. The highest BCUT2D eigenvalue weighted by atomic mass is 79.9. The maximum absolute atomic E-state index is 12.9. The maximum Gasteiger partial charge on any atom is 0.303 e. The molecule has 0 saturated carbocycles. The molecule has 0 saturated heterocycles. The lowest BCUT2D eigenvalue weighted by Gasteiger charge is -2.11. The zero-order valence-electron chi connectivity index (χ0n) is 12.3. The molecule has 8 heteroatoms. The molecule has 0 aliphatic carbocycles. The van der Waals surface area contributed by atoms with Crippen LogP contribution in [0.2, 0.25) is 0 Å². The minimum Gasteiger partial charge on any atom is -0.481 e. The summed E-state index contributed by atoms with van der Waals surface area (Å²) in [6, 6.07) is 5.41. The molecule has 0 spiro atoms. The summed E-state index contributed by atoms with van der Waals surface area (Å²) in [7, 11) is 0. The minimum atomic E-state index is -0.909. The van der Waals surface area contributed by atoms with Gasteiger partial charge in [0, 0.05) is 18.7 Å². The van der Waals surface area contributed by atoms with E-state index in [1.807, 2.05) is 0 Å². The Morgan fingerprint density at radius 3 is 2.65 bits per heavy atom. The van der Waals surface area contributed by atoms with E-state index in [0.29, 0.717) is 16.6 Å². The SMILES string of the molecule is CC(CCC(=O)O)NC(=O)c1nn(-c2ccc(F)cc2)cc1Br. The zero-order chi connectivity index (χ0) is 17.0. The fourth-order valence-electron chi connectivity index (χ4n) is 1.94. The number of hydrogen-bond acceptors (Lipinski definition) is 3. The molecule has 122 valence electrons. The number of halogens is 2. The number of carbonyl (C=O) groups excluding carboxylic acids is 1. The number of aliphatic carboxylic acids is 1. The van der Waals surface area contributed by atoms with E-state index in [0.717, 1.165) is 0 Å². The second-order valence-corrected chi connectivity index (χ2v) is 5.91. The molecule has 0 aliphatic rings. The highest BCUT2D eigenvalue weighted by Crippen LogP contribution is 2.18. The van der Waals surface area contributed by atoms with Crippen molar-refractivity contribution < 1.29 is 19.1 Å². The van der Waals surface area contributed by atoms with Crippen LogP contribution in [0.15, 0.2) is 34.9 Å². The van der Waals surface area contributed by atoms with Crippen molar-refractivity contribution in [3.8, 4) is 5.69 Å². The van der Waals surface area contributed by atoms with E-state index in [9.17, 15) is 14.0 Å². The van der Waals surface area contributed by atoms with Gasteiger partial charge in [-0.25, -0.2) is 9.07 Å². The summed E-state index contributed by atoms with van der Waals surface area (Å²) in [6.07, 6.45) is 1.91. The number of hydrogen-bond donors (Lipinski definition) is 2. The highest BCUT2D eigenvalue weighted by molar-refractivity contribution is 9.10. The molecule has 2 N–H and O–H groups in total. The monoisotopic (exact) mass is 383 g/mol. The normalized spacial score (nSPS) is 12.0. The minimum absolute atomic E-state index is 0.0212. The van der Waals surface area contributed by atoms with E-state index in [2.05, 4.69) is 26.3 Å². The standard InChI is InChI=1S/C15H15BrFN3O3/c1-9(2-7-13(21)22)18-15(23)14-12(16)8-20(19-14)11-5-3-10(17)4-6-11/h3-6,8-9H,2,7H2,1H3,(H,18,23)(H,21,22). The van der Waals surface area contributed by atoms with Crippen LogP contribution < -0.4 is 5.32 Å². The van der Waals surface area contributed by atoms with Crippen molar-refractivity contribution in [3.63, 3.8) is 0 Å². The van der Waals surface area contributed by atoms with Crippen LogP contribution in [0.3, 0.4) is 0 Å². The molecule has 1 aromatic carbocycles. The number of benzene rings is 1. The van der Waals surface area contributed by atoms with Gasteiger partial charge in [-0.3, -0.25) is 9.59 Å². The van der Waals surface area contributed by atoms with Crippen LogP contribution in [0.4, 0.5) is 4.39 Å². The highest BCUT2D eigenvalue weighted by Gasteiger charge is 2.18. The molecule has 1 heterocycles. The Hall–Kier alpha value is -2.22. The molecule has 1 amide bonds. The third kappa shape index (κ3) is 4.62. The van der Waals surface area contributed by atoms with Gasteiger partial charge >= 0.3 is 5.97 Å². The molecular formula is C15H15BrFN3O3. The summed E-state index contributed by atoms with van der Waals surface area (Å²) in [4.78, 5) is 22.7. The average molecular weight is 384 g/mol. The van der Waals surface area contributed by atoms with Gasteiger partial charge in [-0.15, -0.1) is 0 Å². The van der Waals surface area contributed by atoms with Gasteiger partial charge in [0.25, 0.3) is 5.91 Å². The lowest BCUT2D eigenvalue weighted by molar-refractivity contribution is -0.137. The smallest absolute Gasteiger partial charge is 0.303 e. The van der Waals surface area contributed by atoms with Crippen LogP contribution in [-0.4, -0.2) is 32.8 Å². The summed E-state index contributed by atoms with van der Waals surface area (Å²) in [6.45, 7) is 1.73. The predicted octanol–water partition coefficient (Wildman–Crippen LogP) is 2.76. The number of carbonyl (C=O) groups is 2. The molecule has 0 fully saturated rings. The van der Waals surface area contributed by atoms with E-state index < -0.39 is 11.9 Å². The van der Waals surface area contributed by atoms with Gasteiger partial charge in [0.05, 0.1) is 10.2 Å². The van der Waals surface area contributed by atoms with Gasteiger partial charge in [-0.1, -0.05) is 0 Å². The first kappa shape index (κ1) is 17.1. The van der Waals surface area contributed by atoms with Gasteiger partial charge in [0.2, 0.25) is 0 Å². The van der Waals surface area contributed by atoms with Crippen molar-refractivity contribution in [1.29, 1.82) is 0 Å². The molecular weight excluding hydrogens is 369 g/mol. The van der Waals surface area contributed by atoms with E-state index in [4.69, 9.17) is 5.11 Å². The lowest BCUT2D eigenvalue weighted by atomic mass is 10.2. The fraction of sp³-hybridized carbons (Fsp3) is 0.267. The Labute approximate surface area is 140 Å². The zero-order valence-corrected chi connectivity index (χ0v) is 13.9. The first-order chi connectivity index (χ1) is 10.9. The van der Waals surface area contributed by atoms with Crippen molar-refractivity contribution in [2.45, 2.75) is 25.8 Å². The molecule has 1 aromatic heterocycles. The summed E-state index contributed by atoms with van der Waals surface area (Å²) in [5.41, 5.74) is 0.793. The topological polar surface area (TPSA) is 84.2 Å². The third-order valence-corrected chi connectivity index (χ3v) is 3.72. The Kier molecular flexibility index (Phi) is 5.49. The van der Waals surface area contributed by atoms with E-state index in [1.54, 1.807) is 25.3 Å². The Balaban J connectivity index is 2.09. The molecule has 0 bridgehead atoms. The van der Waals surface area contributed by atoms with E-state index >= 15 is 0 Å². The number of carboxylic acids is 1. The molecule has 1 unspecified atom stereocenters. The Morgan fingerprint density at radius 1 is 1.39 bits per heavy atom. The van der Waals surface area contributed by atoms with E-state index in [1.165, 1.54) is 16.8 Å². The number of rotatable bonds is 6. The largest absolute Gasteiger partial charge is 0.481 e. The number of nitrogens with zero attached hydrogens (tertiary/aromatic N) is 2. The van der Waals surface area contributed by atoms with Crippen LogP contribution in [0.5, 0.6) is 0 Å². The first-order valence-corrected chi connectivity index (χ1v) is 7.70. The maximum atomic E-state index is 12.9. The summed E-state index contributed by atoms with van der Waals surface area (Å²) in [5, 5.41) is 15.5. The van der Waals surface area contributed by atoms with Crippen LogP contribution >= 0.6 is 15.9 Å². The molecule has 2 rings (SSSR count). The van der Waals surface area contributed by atoms with Crippen LogP contribution in [-0.2, 0) is 4.79 Å². The molecule has 23 heavy (non-hydrogen) atoms. The van der Waals surface area contributed by atoms with Gasteiger partial charge in [-0.05, 0) is 53.5 Å². The third-order valence-electron chi connectivity index (χ3n) is 3.14. The van der Waals surface area contributed by atoms with Gasteiger partial charge in [-0.2, -0.15) is 5.10 Å². The summed E-state index contributed by atoms with van der Waals surface area (Å²) < 4.78 is 14.9. The molecule has 0 aliphatic heterocycles. The first-order valence-electron chi connectivity index (χ1n) is 6.90. The lowest BCUT2D eigenvalue weighted by Crippen LogP contribution is -2.33. The Morgan fingerprint density at radius 2 is 2.04 bits per heavy atom. The second kappa shape index (κ2) is 7.36. The molecule has 0 radical (unpaired) electrons. The number of aromatic nitrogens is 2. The molecule has 6 nitrogen and oxygen atoms in total. The van der Waals surface area contributed by atoms with Crippen LogP contribution in [0.25, 0.3) is 5.69 Å². The fourth-order valence-corrected chi connectivity index (χ4v) is 2.39. The van der Waals surface area contributed by atoms with Crippen LogP contribution in [0, 0.1) is 5.82 Å². The van der Waals surface area contributed by atoms with Gasteiger partial charge < -0.3 is 10.4 Å². The van der Waals surface area contributed by atoms with Crippen LogP contribution in [0.1, 0.15) is 30.3 Å². The van der Waals surface area contributed by atoms with Gasteiger partial charge in [0.15, 0.2) is 5.69 Å². The van der Waals surface area contributed by atoms with Crippen molar-refractivity contribution in [1.82, 2.24) is 15.1 Å². The van der Waals surface area contributed by atoms with Crippen molar-refractivity contribution in [3.05, 3.63) is 46.4 Å². The average Bonchev–Trinajstić information content (AvgIpc) is 2.88. The van der Waals surface area contributed by atoms with Crippen molar-refractivity contribution in [2.75, 3.05) is 0 Å². The predicted molar refractivity (Wildman–Crippen MR) is 85.0 cm³/mol. The molecule has 1 atom stereocenters. The van der Waals surface area contributed by atoms with Crippen molar-refractivity contribution >= 4 is 27.8 Å². The molecule has 2 aromatic rings.